The largest absolute Gasteiger partial charge is 1.00 e. The Bertz CT molecular complexity index is 414. The molecule has 0 fully saturated rings. The van der Waals surface area contributed by atoms with Gasteiger partial charge in [0.2, 0.25) is 0 Å². The van der Waals surface area contributed by atoms with E-state index in [9.17, 15) is 30.0 Å². The van der Waals surface area contributed by atoms with E-state index in [2.05, 4.69) is 11.7 Å². The molecule has 0 radical (unpaired) electrons. The van der Waals surface area contributed by atoms with Crippen molar-refractivity contribution in [2.45, 2.75) is 102 Å². The maximum atomic E-state index is 11.6. The first-order chi connectivity index (χ1) is 12.8. The van der Waals surface area contributed by atoms with E-state index in [0.717, 1.165) is 19.3 Å². The maximum absolute atomic E-state index is 11.6. The van der Waals surface area contributed by atoms with Crippen molar-refractivity contribution in [3.05, 3.63) is 0 Å². The average molecular weight is 416 g/mol. The molecule has 0 saturated heterocycles. The molecular weight excluding hydrogens is 379 g/mol. The van der Waals surface area contributed by atoms with Gasteiger partial charge in [-0.2, -0.15) is 0 Å². The number of unbranched alkanes of at least 4 members (excludes halogenated alkanes) is 9. The van der Waals surface area contributed by atoms with E-state index in [-0.39, 0.29) is 37.4 Å². The monoisotopic (exact) mass is 416 g/mol. The average Bonchev–Trinajstić information content (AvgIpc) is 2.66. The number of aliphatic hydroxyl groups is 5. The van der Waals surface area contributed by atoms with Crippen molar-refractivity contribution in [2.75, 3.05) is 6.61 Å². The van der Waals surface area contributed by atoms with E-state index in [0.29, 0.717) is 6.42 Å². The van der Waals surface area contributed by atoms with Crippen molar-refractivity contribution >= 4 is 11.9 Å². The van der Waals surface area contributed by atoms with Crippen molar-refractivity contribution in [2.24, 2.45) is 0 Å². The van der Waals surface area contributed by atoms with Crippen LogP contribution in [0.25, 0.3) is 0 Å². The molecule has 0 amide bonds. The molecule has 162 valence electrons. The summed E-state index contributed by atoms with van der Waals surface area (Å²) in [5.41, 5.74) is 0. The van der Waals surface area contributed by atoms with Gasteiger partial charge in [0, 0.05) is 6.42 Å². The maximum Gasteiger partial charge on any atom is 1.00 e. The molecule has 0 aliphatic heterocycles. The molecule has 0 aromatic rings. The first-order valence-corrected chi connectivity index (χ1v) is 9.92. The third-order valence-electron chi connectivity index (χ3n) is 4.45. The van der Waals surface area contributed by atoms with Crippen molar-refractivity contribution in [3.63, 3.8) is 0 Å². The fourth-order valence-corrected chi connectivity index (χ4v) is 2.64. The Hall–Kier alpha value is -0.0600. The summed E-state index contributed by atoms with van der Waals surface area (Å²) in [6.07, 6.45) is 3.05. The summed E-state index contributed by atoms with van der Waals surface area (Å²) in [4.78, 5) is 23.2. The summed E-state index contributed by atoms with van der Waals surface area (Å²) >= 11 is 0. The van der Waals surface area contributed by atoms with Crippen LogP contribution in [0.2, 0.25) is 0 Å². The van der Waals surface area contributed by atoms with E-state index < -0.39 is 43.0 Å². The molecule has 9 heteroatoms. The molecule has 0 unspecified atom stereocenters. The third-order valence-corrected chi connectivity index (χ3v) is 4.45. The molecule has 28 heavy (non-hydrogen) atoms. The molecule has 0 saturated carbocycles. The van der Waals surface area contributed by atoms with Gasteiger partial charge in [-0.15, -0.1) is 0 Å². The Morgan fingerprint density at radius 1 is 0.821 bits per heavy atom. The summed E-state index contributed by atoms with van der Waals surface area (Å²) < 4.78 is 4.44. The van der Waals surface area contributed by atoms with E-state index >= 15 is 0 Å². The number of ether oxygens (including phenoxy) is 1. The smallest absolute Gasteiger partial charge is 1.00 e. The summed E-state index contributed by atoms with van der Waals surface area (Å²) in [6, 6.07) is 0. The number of rotatable bonds is 16. The predicted molar refractivity (Wildman–Crippen MR) is 99.8 cm³/mol. The molecule has 0 bridgehead atoms. The molecule has 5 N–H and O–H groups in total. The van der Waals surface area contributed by atoms with Gasteiger partial charge < -0.3 is 31.7 Å². The number of hydrogen-bond acceptors (Lipinski definition) is 8. The van der Waals surface area contributed by atoms with Crippen LogP contribution in [0.3, 0.4) is 0 Å². The molecular formula is C19H37NaO8. The molecule has 0 aliphatic carbocycles. The fraction of sp³-hybridized carbons (Fsp3) is 0.895. The van der Waals surface area contributed by atoms with Crippen LogP contribution < -0.4 is 29.6 Å². The molecule has 4 atom stereocenters. The predicted octanol–water partition coefficient (Wildman–Crippen LogP) is -2.08. The minimum absolute atomic E-state index is 0. The van der Waals surface area contributed by atoms with Gasteiger partial charge in [0.05, 0.1) is 6.61 Å². The molecule has 0 aliphatic rings. The Labute approximate surface area is 191 Å². The van der Waals surface area contributed by atoms with Gasteiger partial charge in [0.1, 0.15) is 18.3 Å². The first kappa shape index (κ1) is 30.1. The fourth-order valence-electron chi connectivity index (χ4n) is 2.64. The molecule has 0 heterocycles. The molecule has 0 rings (SSSR count). The van der Waals surface area contributed by atoms with Crippen molar-refractivity contribution in [3.8, 4) is 0 Å². The molecule has 0 aromatic carbocycles. The topological polar surface area (TPSA) is 145 Å². The van der Waals surface area contributed by atoms with Crippen LogP contribution in [0, 0.1) is 0 Å². The number of hydrogen-bond donors (Lipinski definition) is 5. The van der Waals surface area contributed by atoms with Crippen LogP contribution in [0.1, 0.15) is 79.0 Å². The summed E-state index contributed by atoms with van der Waals surface area (Å²) in [7, 11) is 0. The van der Waals surface area contributed by atoms with E-state index in [1.807, 2.05) is 0 Å². The third kappa shape index (κ3) is 14.0. The second kappa shape index (κ2) is 18.9. The van der Waals surface area contributed by atoms with Crippen LogP contribution >= 0.6 is 0 Å². The summed E-state index contributed by atoms with van der Waals surface area (Å²) in [6.45, 7) is 1.32. The van der Waals surface area contributed by atoms with Gasteiger partial charge >= 0.3 is 41.5 Å². The Balaban J connectivity index is -0.00000338. The minimum Gasteiger partial charge on any atom is -1.00 e. The Kier molecular flexibility index (Phi) is 20.4. The van der Waals surface area contributed by atoms with Gasteiger partial charge in [-0.05, 0) is 6.42 Å². The number of esters is 2. The molecule has 0 aromatic heterocycles. The minimum atomic E-state index is -2.20. The van der Waals surface area contributed by atoms with E-state index in [1.165, 1.54) is 38.5 Å². The summed E-state index contributed by atoms with van der Waals surface area (Å²) in [5.74, 6) is -2.22. The standard InChI is InChI=1S/C19H36O8.Na.H/c1-2-3-4-5-6-7-8-9-10-11-12-15(22)27-19(26)18(25)17(24)16(23)14(21)13-20;;/h14,16-18,20-21,23-25H,2-13H2,1H3;;/q;+1;-1/t14-,16-,17+,18-;;/m1../s1. The Morgan fingerprint density at radius 3 is 1.75 bits per heavy atom. The zero-order valence-corrected chi connectivity index (χ0v) is 19.3. The molecule has 0 spiro atoms. The SMILES string of the molecule is CCCCCCCCCCCCC(=O)OC(=O)[C@H](O)[C@@H](O)[C@H](O)[C@H](O)CO.[H-].[Na+]. The zero-order valence-electron chi connectivity index (χ0n) is 18.3. The molecule has 8 nitrogen and oxygen atoms in total. The van der Waals surface area contributed by atoms with Gasteiger partial charge in [-0.25, -0.2) is 4.79 Å². The van der Waals surface area contributed by atoms with Gasteiger partial charge in [-0.1, -0.05) is 64.7 Å². The van der Waals surface area contributed by atoms with Crippen LogP contribution in [-0.4, -0.2) is 68.5 Å². The second-order valence-corrected chi connectivity index (χ2v) is 6.90. The first-order valence-electron chi connectivity index (χ1n) is 9.92. The van der Waals surface area contributed by atoms with E-state index in [4.69, 9.17) is 5.11 Å². The van der Waals surface area contributed by atoms with Crippen LogP contribution in [0.4, 0.5) is 0 Å². The van der Waals surface area contributed by atoms with Crippen LogP contribution in [0.5, 0.6) is 0 Å². The number of aliphatic hydroxyl groups excluding tert-OH is 5. The quantitative estimate of drug-likeness (QED) is 0.0834. The zero-order chi connectivity index (χ0) is 20.7. The van der Waals surface area contributed by atoms with Crippen molar-refractivity contribution in [1.29, 1.82) is 0 Å². The van der Waals surface area contributed by atoms with Gasteiger partial charge in [-0.3, -0.25) is 4.79 Å². The number of carbonyl (C=O) groups excluding carboxylic acids is 2. The number of carbonyl (C=O) groups is 2. The Morgan fingerprint density at radius 2 is 1.29 bits per heavy atom. The van der Waals surface area contributed by atoms with Crippen LogP contribution in [0.15, 0.2) is 0 Å². The van der Waals surface area contributed by atoms with Gasteiger partial charge in [0.25, 0.3) is 0 Å². The van der Waals surface area contributed by atoms with Crippen molar-refractivity contribution < 1.29 is 70.8 Å². The van der Waals surface area contributed by atoms with E-state index in [1.54, 1.807) is 0 Å². The van der Waals surface area contributed by atoms with Crippen LogP contribution in [-0.2, 0) is 14.3 Å². The van der Waals surface area contributed by atoms with Crippen molar-refractivity contribution in [1.82, 2.24) is 0 Å². The summed E-state index contributed by atoms with van der Waals surface area (Å²) in [5, 5.41) is 46.4. The van der Waals surface area contributed by atoms with Gasteiger partial charge in [0.15, 0.2) is 6.10 Å². The second-order valence-electron chi connectivity index (χ2n) is 6.90. The normalized spacial score (nSPS) is 15.2.